The number of fused-ring (bicyclic) bond motifs is 1. The van der Waals surface area contributed by atoms with Gasteiger partial charge in [-0.05, 0) is 61.8 Å². The molecule has 4 N–H and O–H groups in total. The lowest BCUT2D eigenvalue weighted by molar-refractivity contribution is 0.284. The summed E-state index contributed by atoms with van der Waals surface area (Å²) in [6, 6.07) is 16.2. The van der Waals surface area contributed by atoms with E-state index in [4.69, 9.17) is 5.73 Å². The summed E-state index contributed by atoms with van der Waals surface area (Å²) in [6.45, 7) is 1.28. The van der Waals surface area contributed by atoms with E-state index in [2.05, 4.69) is 20.0 Å². The van der Waals surface area contributed by atoms with Gasteiger partial charge in [0.05, 0.1) is 10.4 Å². The summed E-state index contributed by atoms with van der Waals surface area (Å²) in [5, 5.41) is 4.19. The van der Waals surface area contributed by atoms with Crippen LogP contribution in [0, 0.1) is 11.8 Å². The lowest BCUT2D eigenvalue weighted by atomic mass is 9.82. The van der Waals surface area contributed by atoms with Gasteiger partial charge in [0.1, 0.15) is 5.82 Å². The number of hydrogen-bond acceptors (Lipinski definition) is 6. The molecule has 0 aliphatic heterocycles. The van der Waals surface area contributed by atoms with Gasteiger partial charge in [-0.3, -0.25) is 0 Å². The Hall–Kier alpha value is -2.42. The molecule has 1 saturated carbocycles. The third-order valence-corrected chi connectivity index (χ3v) is 7.20. The van der Waals surface area contributed by atoms with Gasteiger partial charge in [0.2, 0.25) is 16.0 Å². The number of nitrogen functional groups attached to an aromatic ring is 1. The predicted octanol–water partition coefficient (Wildman–Crippen LogP) is 3.83. The molecule has 0 saturated heterocycles. The maximum atomic E-state index is 12.4. The van der Waals surface area contributed by atoms with Crippen molar-refractivity contribution in [2.45, 2.75) is 30.6 Å². The van der Waals surface area contributed by atoms with Crippen LogP contribution in [0.2, 0.25) is 0 Å². The second-order valence-electron chi connectivity index (χ2n) is 7.88. The molecule has 0 atom stereocenters. The van der Waals surface area contributed by atoms with Crippen LogP contribution in [0.1, 0.15) is 25.7 Å². The number of halogens is 1. The number of nitrogens with zero attached hydrogens (tertiary/aromatic N) is 2. The van der Waals surface area contributed by atoms with Crippen molar-refractivity contribution in [1.82, 2.24) is 14.7 Å². The van der Waals surface area contributed by atoms with E-state index in [0.717, 1.165) is 43.1 Å². The minimum Gasteiger partial charge on any atom is -0.383 e. The van der Waals surface area contributed by atoms with Crippen LogP contribution in [0.5, 0.6) is 0 Å². The van der Waals surface area contributed by atoms with E-state index in [1.807, 2.05) is 30.3 Å². The number of nitrogens with two attached hydrogens (primary N) is 1. The molecule has 7 nitrogen and oxygen atoms in total. The number of aromatic nitrogens is 2. The van der Waals surface area contributed by atoms with E-state index in [0.29, 0.717) is 35.0 Å². The van der Waals surface area contributed by atoms with Crippen LogP contribution >= 0.6 is 12.4 Å². The first kappa shape index (κ1) is 23.2. The fourth-order valence-corrected chi connectivity index (χ4v) is 5.10. The van der Waals surface area contributed by atoms with Crippen molar-refractivity contribution in [2.75, 3.05) is 24.1 Å². The van der Waals surface area contributed by atoms with E-state index >= 15 is 0 Å². The van der Waals surface area contributed by atoms with E-state index < -0.39 is 10.0 Å². The Labute approximate surface area is 189 Å². The van der Waals surface area contributed by atoms with Crippen LogP contribution in [-0.2, 0) is 10.0 Å². The smallest absolute Gasteiger partial charge is 0.240 e. The highest BCUT2D eigenvalue weighted by atomic mass is 35.5. The molecule has 4 rings (SSSR count). The van der Waals surface area contributed by atoms with E-state index in [1.165, 1.54) is 0 Å². The quantitative estimate of drug-likeness (QED) is 0.493. The Balaban J connectivity index is 0.00000272. The van der Waals surface area contributed by atoms with Crippen LogP contribution in [0.25, 0.3) is 10.9 Å². The van der Waals surface area contributed by atoms with Crippen molar-refractivity contribution in [2.24, 2.45) is 11.8 Å². The molecule has 0 bridgehead atoms. The highest BCUT2D eigenvalue weighted by molar-refractivity contribution is 7.89. The van der Waals surface area contributed by atoms with Crippen molar-refractivity contribution in [3.05, 3.63) is 54.6 Å². The molecule has 1 heterocycles. The van der Waals surface area contributed by atoms with Crippen LogP contribution in [0.15, 0.2) is 59.5 Å². The third kappa shape index (κ3) is 5.84. The summed E-state index contributed by atoms with van der Waals surface area (Å²) in [7, 11) is -3.43. The fourth-order valence-electron chi connectivity index (χ4n) is 3.97. The van der Waals surface area contributed by atoms with Crippen LogP contribution < -0.4 is 15.8 Å². The minimum absolute atomic E-state index is 0. The maximum absolute atomic E-state index is 12.4. The van der Waals surface area contributed by atoms with Gasteiger partial charge in [0, 0.05) is 18.5 Å². The van der Waals surface area contributed by atoms with Crippen molar-refractivity contribution in [3.63, 3.8) is 0 Å². The van der Waals surface area contributed by atoms with Gasteiger partial charge in [0.15, 0.2) is 0 Å². The summed E-state index contributed by atoms with van der Waals surface area (Å²) < 4.78 is 27.5. The summed E-state index contributed by atoms with van der Waals surface area (Å²) in [5.41, 5.74) is 6.88. The van der Waals surface area contributed by atoms with E-state index in [9.17, 15) is 8.42 Å². The molecule has 1 aromatic heterocycles. The third-order valence-electron chi connectivity index (χ3n) is 5.76. The number of benzene rings is 2. The topological polar surface area (TPSA) is 110 Å². The van der Waals surface area contributed by atoms with Gasteiger partial charge in [-0.1, -0.05) is 30.3 Å². The molecule has 9 heteroatoms. The summed E-state index contributed by atoms with van der Waals surface area (Å²) in [6.07, 6.45) is 4.11. The fraction of sp³-hybridized carbons (Fsp3) is 0.364. The zero-order chi connectivity index (χ0) is 21.0. The summed E-state index contributed by atoms with van der Waals surface area (Å²) in [5.74, 6) is 1.93. The van der Waals surface area contributed by atoms with Gasteiger partial charge < -0.3 is 11.1 Å². The Morgan fingerprint density at radius 2 is 1.48 bits per heavy atom. The lowest BCUT2D eigenvalue weighted by Crippen LogP contribution is -2.32. The summed E-state index contributed by atoms with van der Waals surface area (Å²) in [4.78, 5) is 9.22. The lowest BCUT2D eigenvalue weighted by Gasteiger charge is -2.28. The molecule has 1 aliphatic rings. The molecule has 31 heavy (non-hydrogen) atoms. The van der Waals surface area contributed by atoms with Crippen molar-refractivity contribution in [3.8, 4) is 0 Å². The molecule has 0 unspecified atom stereocenters. The average Bonchev–Trinajstić information content (AvgIpc) is 2.78. The van der Waals surface area contributed by atoms with Crippen LogP contribution in [0.4, 0.5) is 11.8 Å². The maximum Gasteiger partial charge on any atom is 0.240 e. The Kier molecular flexibility index (Phi) is 7.69. The summed E-state index contributed by atoms with van der Waals surface area (Å²) >= 11 is 0. The Morgan fingerprint density at radius 3 is 2.19 bits per heavy atom. The standard InChI is InChI=1S/C22H27N5O2S.ClH/c23-21-19-8-4-5-9-20(19)26-22(27-21)24-14-16-10-12-17(13-11-16)15-25-30(28,29)18-6-2-1-3-7-18;/h1-9,16-17,25H,10-15H2,(H3,23,24,26,27);1H/t16-,17-;. The van der Waals surface area contributed by atoms with Crippen molar-refractivity contribution >= 4 is 45.1 Å². The SMILES string of the molecule is Cl.Nc1nc(NC[C@H]2CC[C@H](CNS(=O)(=O)c3ccccc3)CC2)nc2ccccc12. The molecule has 166 valence electrons. The molecule has 1 aliphatic carbocycles. The average molecular weight is 462 g/mol. The van der Waals surface area contributed by atoms with Gasteiger partial charge in [0.25, 0.3) is 0 Å². The molecule has 0 radical (unpaired) electrons. The normalized spacial score (nSPS) is 19.0. The molecular formula is C22H28ClN5O2S. The zero-order valence-corrected chi connectivity index (χ0v) is 18.8. The molecule has 1 fully saturated rings. The number of sulfonamides is 1. The van der Waals surface area contributed by atoms with Crippen LogP contribution in [-0.4, -0.2) is 31.5 Å². The van der Waals surface area contributed by atoms with Crippen LogP contribution in [0.3, 0.4) is 0 Å². The number of hydrogen-bond donors (Lipinski definition) is 3. The number of para-hydroxylation sites is 1. The van der Waals surface area contributed by atoms with Crippen molar-refractivity contribution in [1.29, 1.82) is 0 Å². The number of nitrogens with one attached hydrogen (secondary N) is 2. The zero-order valence-electron chi connectivity index (χ0n) is 17.2. The largest absolute Gasteiger partial charge is 0.383 e. The number of anilines is 2. The van der Waals surface area contributed by atoms with Gasteiger partial charge >= 0.3 is 0 Å². The first-order valence-corrected chi connectivity index (χ1v) is 11.8. The van der Waals surface area contributed by atoms with E-state index in [1.54, 1.807) is 24.3 Å². The first-order valence-electron chi connectivity index (χ1n) is 10.3. The number of rotatable bonds is 7. The molecule has 0 spiro atoms. The molecule has 3 aromatic rings. The highest BCUT2D eigenvalue weighted by Crippen LogP contribution is 2.29. The van der Waals surface area contributed by atoms with Crippen molar-refractivity contribution < 1.29 is 8.42 Å². The predicted molar refractivity (Wildman–Crippen MR) is 127 cm³/mol. The first-order chi connectivity index (χ1) is 14.5. The van der Waals surface area contributed by atoms with E-state index in [-0.39, 0.29) is 12.4 Å². The minimum atomic E-state index is -3.43. The Morgan fingerprint density at radius 1 is 0.871 bits per heavy atom. The molecule has 2 aromatic carbocycles. The Bertz CT molecular complexity index is 1100. The van der Waals surface area contributed by atoms with Gasteiger partial charge in [-0.2, -0.15) is 4.98 Å². The van der Waals surface area contributed by atoms with Gasteiger partial charge in [-0.15, -0.1) is 12.4 Å². The van der Waals surface area contributed by atoms with Gasteiger partial charge in [-0.25, -0.2) is 18.1 Å². The second kappa shape index (κ2) is 10.3. The molecular weight excluding hydrogens is 434 g/mol. The highest BCUT2D eigenvalue weighted by Gasteiger charge is 2.23. The molecule has 0 amide bonds. The monoisotopic (exact) mass is 461 g/mol. The second-order valence-corrected chi connectivity index (χ2v) is 9.65.